The third-order valence-electron chi connectivity index (χ3n) is 2.52. The summed E-state index contributed by atoms with van der Waals surface area (Å²) < 4.78 is 20.4. The molecular weight excluding hydrogens is 264 g/mol. The SMILES string of the molecule is COCCOCC(O)COc1ccc(OC)cc1C=O. The fourth-order valence-corrected chi connectivity index (χ4v) is 1.47. The molecule has 1 aromatic rings. The van der Waals surface area contributed by atoms with Crippen LogP contribution in [0.15, 0.2) is 18.2 Å². The Hall–Kier alpha value is -1.63. The molecule has 1 aromatic carbocycles. The summed E-state index contributed by atoms with van der Waals surface area (Å²) in [5.41, 5.74) is 0.372. The third kappa shape index (κ3) is 5.56. The minimum Gasteiger partial charge on any atom is -0.497 e. The highest BCUT2D eigenvalue weighted by molar-refractivity contribution is 5.80. The van der Waals surface area contributed by atoms with E-state index in [9.17, 15) is 9.90 Å². The Morgan fingerprint density at radius 1 is 1.25 bits per heavy atom. The normalized spacial score (nSPS) is 11.9. The van der Waals surface area contributed by atoms with Crippen LogP contribution in [0.25, 0.3) is 0 Å². The maximum atomic E-state index is 10.9. The van der Waals surface area contributed by atoms with Gasteiger partial charge in [0.15, 0.2) is 6.29 Å². The van der Waals surface area contributed by atoms with Crippen LogP contribution in [0.1, 0.15) is 10.4 Å². The van der Waals surface area contributed by atoms with Crippen molar-refractivity contribution in [1.82, 2.24) is 0 Å². The van der Waals surface area contributed by atoms with Gasteiger partial charge in [0.25, 0.3) is 0 Å². The topological polar surface area (TPSA) is 74.2 Å². The average molecular weight is 284 g/mol. The lowest BCUT2D eigenvalue weighted by Gasteiger charge is -2.14. The molecule has 1 N–H and O–H groups in total. The second kappa shape index (κ2) is 9.30. The molecule has 1 unspecified atom stereocenters. The number of carbonyl (C=O) groups is 1. The highest BCUT2D eigenvalue weighted by atomic mass is 16.5. The van der Waals surface area contributed by atoms with Crippen LogP contribution in [0, 0.1) is 0 Å². The minimum absolute atomic E-state index is 0.0418. The van der Waals surface area contributed by atoms with Gasteiger partial charge >= 0.3 is 0 Å². The van der Waals surface area contributed by atoms with Crippen LogP contribution in [0.4, 0.5) is 0 Å². The molecule has 0 aliphatic carbocycles. The van der Waals surface area contributed by atoms with E-state index in [1.54, 1.807) is 25.3 Å². The molecule has 0 aliphatic rings. The van der Waals surface area contributed by atoms with E-state index in [1.165, 1.54) is 7.11 Å². The maximum Gasteiger partial charge on any atom is 0.153 e. The number of aldehydes is 1. The van der Waals surface area contributed by atoms with Gasteiger partial charge < -0.3 is 24.1 Å². The molecule has 0 bridgehead atoms. The number of hydrogen-bond donors (Lipinski definition) is 1. The van der Waals surface area contributed by atoms with Gasteiger partial charge in [-0.05, 0) is 18.2 Å². The Bertz CT molecular complexity index is 407. The Labute approximate surface area is 118 Å². The summed E-state index contributed by atoms with van der Waals surface area (Å²) in [5.74, 6) is 0.972. The molecule has 1 atom stereocenters. The predicted octanol–water partition coefficient (Wildman–Crippen LogP) is 0.910. The molecule has 6 heteroatoms. The zero-order valence-corrected chi connectivity index (χ0v) is 11.7. The molecule has 0 saturated carbocycles. The van der Waals surface area contributed by atoms with Crippen LogP contribution >= 0.6 is 0 Å². The van der Waals surface area contributed by atoms with Crippen molar-refractivity contribution in [1.29, 1.82) is 0 Å². The zero-order valence-electron chi connectivity index (χ0n) is 11.7. The number of ether oxygens (including phenoxy) is 4. The summed E-state index contributed by atoms with van der Waals surface area (Å²) in [4.78, 5) is 10.9. The lowest BCUT2D eigenvalue weighted by atomic mass is 10.2. The quantitative estimate of drug-likeness (QED) is 0.508. The van der Waals surface area contributed by atoms with Crippen molar-refractivity contribution in [3.63, 3.8) is 0 Å². The second-order valence-electron chi connectivity index (χ2n) is 4.05. The van der Waals surface area contributed by atoms with Gasteiger partial charge in [0, 0.05) is 7.11 Å². The van der Waals surface area contributed by atoms with Gasteiger partial charge in [-0.15, -0.1) is 0 Å². The van der Waals surface area contributed by atoms with Crippen molar-refractivity contribution in [2.24, 2.45) is 0 Å². The number of aliphatic hydroxyl groups excluding tert-OH is 1. The minimum atomic E-state index is -0.770. The lowest BCUT2D eigenvalue weighted by molar-refractivity contribution is -0.00427. The van der Waals surface area contributed by atoms with Gasteiger partial charge in [0.2, 0.25) is 0 Å². The maximum absolute atomic E-state index is 10.9. The number of rotatable bonds is 10. The van der Waals surface area contributed by atoms with E-state index in [2.05, 4.69) is 0 Å². The highest BCUT2D eigenvalue weighted by Crippen LogP contribution is 2.22. The largest absolute Gasteiger partial charge is 0.497 e. The van der Waals surface area contributed by atoms with Crippen molar-refractivity contribution >= 4 is 6.29 Å². The molecule has 0 spiro atoms. The van der Waals surface area contributed by atoms with E-state index >= 15 is 0 Å². The van der Waals surface area contributed by atoms with Gasteiger partial charge in [0.05, 0.1) is 32.5 Å². The molecule has 1 rings (SSSR count). The molecule has 0 radical (unpaired) electrons. The Kier molecular flexibility index (Phi) is 7.64. The standard InChI is InChI=1S/C14H20O6/c1-17-5-6-19-9-12(16)10-20-14-4-3-13(18-2)7-11(14)8-15/h3-4,7-8,12,16H,5-6,9-10H2,1-2H3. The molecule has 0 fully saturated rings. The molecule has 0 aromatic heterocycles. The number of aliphatic hydroxyl groups is 1. The van der Waals surface area contributed by atoms with Crippen LogP contribution in [0.2, 0.25) is 0 Å². The summed E-state index contributed by atoms with van der Waals surface area (Å²) in [6.45, 7) is 1.08. The fraction of sp³-hybridized carbons (Fsp3) is 0.500. The van der Waals surface area contributed by atoms with Crippen molar-refractivity contribution < 1.29 is 28.8 Å². The molecular formula is C14H20O6. The first kappa shape index (κ1) is 16.4. The summed E-state index contributed by atoms with van der Waals surface area (Å²) in [5, 5.41) is 9.67. The first-order valence-corrected chi connectivity index (χ1v) is 6.22. The van der Waals surface area contributed by atoms with Crippen LogP contribution < -0.4 is 9.47 Å². The predicted molar refractivity (Wildman–Crippen MR) is 72.6 cm³/mol. The molecule has 0 aliphatic heterocycles. The van der Waals surface area contributed by atoms with Gasteiger partial charge in [-0.25, -0.2) is 0 Å². The highest BCUT2D eigenvalue weighted by Gasteiger charge is 2.09. The zero-order chi connectivity index (χ0) is 14.8. The van der Waals surface area contributed by atoms with Crippen LogP contribution in [0.3, 0.4) is 0 Å². The lowest BCUT2D eigenvalue weighted by Crippen LogP contribution is -2.24. The van der Waals surface area contributed by atoms with E-state index in [1.807, 2.05) is 0 Å². The molecule has 0 heterocycles. The Morgan fingerprint density at radius 2 is 2.05 bits per heavy atom. The Morgan fingerprint density at radius 3 is 2.70 bits per heavy atom. The number of hydrogen-bond acceptors (Lipinski definition) is 6. The van der Waals surface area contributed by atoms with Crippen LogP contribution in [-0.4, -0.2) is 58.1 Å². The van der Waals surface area contributed by atoms with Gasteiger partial charge in [0.1, 0.15) is 24.2 Å². The Balaban J connectivity index is 2.42. The number of methoxy groups -OCH3 is 2. The smallest absolute Gasteiger partial charge is 0.153 e. The number of benzene rings is 1. The summed E-state index contributed by atoms with van der Waals surface area (Å²) in [6, 6.07) is 4.88. The molecule has 6 nitrogen and oxygen atoms in total. The van der Waals surface area contributed by atoms with Crippen molar-refractivity contribution in [2.45, 2.75) is 6.10 Å². The van der Waals surface area contributed by atoms with E-state index in [0.29, 0.717) is 36.6 Å². The molecule has 0 saturated heterocycles. The number of carbonyl (C=O) groups excluding carboxylic acids is 1. The van der Waals surface area contributed by atoms with E-state index < -0.39 is 6.10 Å². The van der Waals surface area contributed by atoms with Crippen molar-refractivity contribution in [3.05, 3.63) is 23.8 Å². The molecule has 0 amide bonds. The van der Waals surface area contributed by atoms with E-state index in [4.69, 9.17) is 18.9 Å². The van der Waals surface area contributed by atoms with Gasteiger partial charge in [-0.2, -0.15) is 0 Å². The van der Waals surface area contributed by atoms with Crippen molar-refractivity contribution in [2.75, 3.05) is 40.6 Å². The monoisotopic (exact) mass is 284 g/mol. The summed E-state index contributed by atoms with van der Waals surface area (Å²) in [7, 11) is 3.10. The summed E-state index contributed by atoms with van der Waals surface area (Å²) in [6.07, 6.45) is -0.0901. The van der Waals surface area contributed by atoms with Crippen LogP contribution in [-0.2, 0) is 9.47 Å². The summed E-state index contributed by atoms with van der Waals surface area (Å²) >= 11 is 0. The van der Waals surface area contributed by atoms with Crippen molar-refractivity contribution in [3.8, 4) is 11.5 Å². The van der Waals surface area contributed by atoms with E-state index in [-0.39, 0.29) is 13.2 Å². The van der Waals surface area contributed by atoms with Crippen LogP contribution in [0.5, 0.6) is 11.5 Å². The van der Waals surface area contributed by atoms with E-state index in [0.717, 1.165) is 0 Å². The first-order valence-electron chi connectivity index (χ1n) is 6.22. The average Bonchev–Trinajstić information content (AvgIpc) is 2.49. The third-order valence-corrected chi connectivity index (χ3v) is 2.52. The second-order valence-corrected chi connectivity index (χ2v) is 4.05. The first-order chi connectivity index (χ1) is 9.71. The fourth-order valence-electron chi connectivity index (χ4n) is 1.47. The van der Waals surface area contributed by atoms with Gasteiger partial charge in [-0.3, -0.25) is 4.79 Å². The molecule has 20 heavy (non-hydrogen) atoms. The molecule has 112 valence electrons. The van der Waals surface area contributed by atoms with Gasteiger partial charge in [-0.1, -0.05) is 0 Å².